The molecular weight excluding hydrogens is 723 g/mol. The number of fused-ring (bicyclic) bond motifs is 4. The Morgan fingerprint density at radius 2 is 0.979 bits per heavy atom. The van der Waals surface area contributed by atoms with Crippen molar-refractivity contribution >= 4 is 11.9 Å². The maximum absolute atomic E-state index is 11.2. The summed E-state index contributed by atoms with van der Waals surface area (Å²) in [7, 11) is 3.25. The van der Waals surface area contributed by atoms with E-state index in [-0.39, 0.29) is 73.4 Å². The maximum atomic E-state index is 11.2. The van der Waals surface area contributed by atoms with E-state index in [9.17, 15) is 10.2 Å². The molecule has 2 aromatic carbocycles. The number of rotatable bonds is 2. The Hall–Kier alpha value is -2.33. The molecule has 2 atom stereocenters. The number of phenols is 2. The number of hydrogen-bond donors (Lipinski definition) is 4. The Morgan fingerprint density at radius 3 is 1.29 bits per heavy atom. The molecule has 0 aliphatic carbocycles. The van der Waals surface area contributed by atoms with Crippen LogP contribution in [-0.2, 0) is 61.6 Å². The molecule has 0 saturated carbocycles. The molecule has 0 fully saturated rings. The molecular formula is C34H52N4O8Zn2. The molecule has 0 amide bonds. The van der Waals surface area contributed by atoms with E-state index in [0.717, 1.165) is 36.1 Å². The standard InChI is InChI=1S/C30H44N4O4.2C2H4O2.2Zn/c1-19-25-11-24(38-8)12-26(28(25)36)20(2)34-18-30(5,6)16-32-14-22-10-23(37-7)9-21(27(22)35)13-31-15-29(3,4)17-33-19;2*1-2(3)4;;/h9-12,19-20,35-36H,13-18H2,1-8H3;2*1H3,(H,3,4);;/q-4;;;2*+2. The van der Waals surface area contributed by atoms with Crippen molar-refractivity contribution in [2.45, 2.75) is 80.6 Å². The van der Waals surface area contributed by atoms with Crippen LogP contribution in [0, 0.1) is 10.8 Å². The minimum atomic E-state index is -0.833. The Kier molecular flexibility index (Phi) is 22.3. The third-order valence-electron chi connectivity index (χ3n) is 6.99. The van der Waals surface area contributed by atoms with Crippen molar-refractivity contribution in [3.63, 3.8) is 0 Å². The third kappa shape index (κ3) is 17.4. The van der Waals surface area contributed by atoms with Gasteiger partial charge < -0.3 is 51.2 Å². The van der Waals surface area contributed by atoms with Crippen LogP contribution in [0.3, 0.4) is 0 Å². The smallest absolute Gasteiger partial charge is 0.658 e. The largest absolute Gasteiger partial charge is 2.00 e. The van der Waals surface area contributed by atoms with Crippen molar-refractivity contribution in [1.29, 1.82) is 0 Å². The van der Waals surface area contributed by atoms with Crippen molar-refractivity contribution < 1.29 is 78.4 Å². The zero-order valence-electron chi connectivity index (χ0n) is 30.3. The predicted octanol–water partition coefficient (Wildman–Crippen LogP) is 7.67. The zero-order chi connectivity index (χ0) is 35.2. The Bertz CT molecular complexity index is 1200. The average molecular weight is 776 g/mol. The van der Waals surface area contributed by atoms with E-state index < -0.39 is 11.9 Å². The van der Waals surface area contributed by atoms with Gasteiger partial charge in [0.15, 0.2) is 0 Å². The molecule has 0 aromatic heterocycles. The summed E-state index contributed by atoms with van der Waals surface area (Å²) in [5.74, 6) is 0.144. The van der Waals surface area contributed by atoms with E-state index >= 15 is 0 Å². The van der Waals surface area contributed by atoms with Crippen LogP contribution in [0.4, 0.5) is 0 Å². The third-order valence-corrected chi connectivity index (χ3v) is 6.99. The molecule has 2 unspecified atom stereocenters. The maximum Gasteiger partial charge on any atom is 2.00 e. The van der Waals surface area contributed by atoms with Gasteiger partial charge in [-0.05, 0) is 46.5 Å². The summed E-state index contributed by atoms with van der Waals surface area (Å²) < 4.78 is 11.0. The Labute approximate surface area is 311 Å². The van der Waals surface area contributed by atoms with Gasteiger partial charge in [-0.15, -0.1) is 51.4 Å². The van der Waals surface area contributed by atoms with Crippen LogP contribution >= 0.6 is 0 Å². The van der Waals surface area contributed by atoms with Crippen molar-refractivity contribution in [1.82, 2.24) is 0 Å². The van der Waals surface area contributed by atoms with Gasteiger partial charge in [0.2, 0.25) is 0 Å². The normalized spacial score (nSPS) is 19.1. The second-order valence-electron chi connectivity index (χ2n) is 12.9. The van der Waals surface area contributed by atoms with E-state index in [1.54, 1.807) is 14.2 Å². The number of carboxylic acid groups (broad SMARTS) is 2. The Morgan fingerprint density at radius 1 is 0.667 bits per heavy atom. The summed E-state index contributed by atoms with van der Waals surface area (Å²) in [5, 5.41) is 56.4. The first-order valence-electron chi connectivity index (χ1n) is 15.1. The summed E-state index contributed by atoms with van der Waals surface area (Å²) in [4.78, 5) is 18.0. The SMILES string of the molecule is CC(=O)O.CC(=O)O.COc1cc2c(O)c(c1)C[N-]CC(C)(C)C[N-]C(C)c1cc(OC)cc(c1O)C(C)[N-]CC(C)(C)C[N-]C2.[Zn+2].[Zn+2]. The topological polar surface area (TPSA) is 190 Å². The number of methoxy groups -OCH3 is 2. The monoisotopic (exact) mass is 772 g/mol. The number of carboxylic acids is 2. The van der Waals surface area contributed by atoms with E-state index in [2.05, 4.69) is 27.7 Å². The van der Waals surface area contributed by atoms with Crippen LogP contribution in [0.15, 0.2) is 24.3 Å². The van der Waals surface area contributed by atoms with Gasteiger partial charge in [0, 0.05) is 13.8 Å². The fourth-order valence-corrected chi connectivity index (χ4v) is 4.52. The number of aliphatic carboxylic acids is 2. The molecule has 0 saturated heterocycles. The summed E-state index contributed by atoms with van der Waals surface area (Å²) in [6, 6.07) is 6.91. The molecule has 48 heavy (non-hydrogen) atoms. The second kappa shape index (κ2) is 22.4. The van der Waals surface area contributed by atoms with Crippen LogP contribution in [0.5, 0.6) is 23.0 Å². The molecule has 1 aliphatic rings. The summed E-state index contributed by atoms with van der Waals surface area (Å²) in [6.07, 6.45) is 0. The summed E-state index contributed by atoms with van der Waals surface area (Å²) >= 11 is 0. The van der Waals surface area contributed by atoms with Crippen LogP contribution in [-0.4, -0.2) is 72.8 Å². The first-order chi connectivity index (χ1) is 21.3. The number of hydrogen-bond acceptors (Lipinski definition) is 6. The number of carbonyl (C=O) groups is 2. The van der Waals surface area contributed by atoms with Crippen LogP contribution < -0.4 is 9.47 Å². The first kappa shape index (κ1) is 47.8. The number of phenolic OH excluding ortho intramolecular Hbond substituents is 2. The number of nitrogens with zero attached hydrogens (tertiary/aromatic N) is 4. The molecule has 1 heterocycles. The quantitative estimate of drug-likeness (QED) is 0.224. The van der Waals surface area contributed by atoms with Crippen LogP contribution in [0.25, 0.3) is 21.3 Å². The number of ether oxygens (including phenoxy) is 2. The van der Waals surface area contributed by atoms with Crippen molar-refractivity contribution in [2.75, 3.05) is 40.4 Å². The molecule has 14 heteroatoms. The molecule has 260 valence electrons. The van der Waals surface area contributed by atoms with Gasteiger partial charge in [-0.1, -0.05) is 52.4 Å². The molecule has 4 N–H and O–H groups in total. The van der Waals surface area contributed by atoms with Gasteiger partial charge in [0.1, 0.15) is 23.0 Å². The molecule has 12 nitrogen and oxygen atoms in total. The van der Waals surface area contributed by atoms with E-state index in [1.807, 2.05) is 38.1 Å². The fraction of sp³-hybridized carbons (Fsp3) is 0.588. The first-order valence-corrected chi connectivity index (χ1v) is 15.1. The molecule has 3 rings (SSSR count). The van der Waals surface area contributed by atoms with Gasteiger partial charge >= 0.3 is 39.0 Å². The fourth-order valence-electron chi connectivity index (χ4n) is 4.52. The summed E-state index contributed by atoms with van der Waals surface area (Å²) in [5.41, 5.74) is 2.50. The van der Waals surface area contributed by atoms with Crippen molar-refractivity contribution in [2.24, 2.45) is 10.8 Å². The van der Waals surface area contributed by atoms with E-state index in [4.69, 9.17) is 50.5 Å². The van der Waals surface area contributed by atoms with E-state index in [0.29, 0.717) is 50.8 Å². The van der Waals surface area contributed by atoms with Gasteiger partial charge in [-0.2, -0.15) is 0 Å². The molecule has 4 bridgehead atoms. The van der Waals surface area contributed by atoms with Gasteiger partial charge in [-0.25, -0.2) is 0 Å². The predicted molar refractivity (Wildman–Crippen MR) is 181 cm³/mol. The second-order valence-corrected chi connectivity index (χ2v) is 12.9. The number of aromatic hydroxyl groups is 2. The molecule has 2 aromatic rings. The van der Waals surface area contributed by atoms with Crippen molar-refractivity contribution in [3.8, 4) is 23.0 Å². The zero-order valence-corrected chi connectivity index (χ0v) is 36.3. The number of benzene rings is 2. The average Bonchev–Trinajstić information content (AvgIpc) is 2.95. The Balaban J connectivity index is 0. The molecule has 1 aliphatic heterocycles. The van der Waals surface area contributed by atoms with Gasteiger partial charge in [0.05, 0.1) is 14.2 Å². The van der Waals surface area contributed by atoms with Gasteiger partial charge in [0.25, 0.3) is 11.9 Å². The van der Waals surface area contributed by atoms with Crippen LogP contribution in [0.1, 0.15) is 89.7 Å². The van der Waals surface area contributed by atoms with Crippen LogP contribution in [0.2, 0.25) is 0 Å². The van der Waals surface area contributed by atoms with Crippen molar-refractivity contribution in [3.05, 3.63) is 67.8 Å². The molecule has 0 radical (unpaired) electrons. The minimum Gasteiger partial charge on any atom is -0.658 e. The minimum absolute atomic E-state index is 0. The summed E-state index contributed by atoms with van der Waals surface area (Å²) in [6.45, 7) is 17.6. The van der Waals surface area contributed by atoms with Gasteiger partial charge in [-0.3, -0.25) is 9.59 Å². The van der Waals surface area contributed by atoms with E-state index in [1.165, 1.54) is 0 Å². The molecule has 0 spiro atoms.